The van der Waals surface area contributed by atoms with Gasteiger partial charge in [0.05, 0.1) is 20.8 Å². The Hall–Kier alpha value is -2.29. The van der Waals surface area contributed by atoms with Crippen molar-refractivity contribution in [2.24, 2.45) is 0 Å². The van der Waals surface area contributed by atoms with E-state index in [4.69, 9.17) is 11.6 Å². The Balaban J connectivity index is 1.86. The molecule has 0 atom stereocenters. The molecule has 5 nitrogen and oxygen atoms in total. The lowest BCUT2D eigenvalue weighted by Crippen LogP contribution is -2.49. The molecule has 0 radical (unpaired) electrons. The first-order valence-electron chi connectivity index (χ1n) is 8.21. The van der Waals surface area contributed by atoms with Crippen LogP contribution in [0.15, 0.2) is 53.9 Å². The molecule has 2 N–H and O–H groups in total. The molecule has 28 heavy (non-hydrogen) atoms. The molecule has 2 aromatic carbocycles. The maximum atomic E-state index is 13.3. The van der Waals surface area contributed by atoms with Crippen molar-refractivity contribution in [1.82, 2.24) is 0 Å². The molecule has 0 saturated heterocycles. The second-order valence-electron chi connectivity index (χ2n) is 6.61. The molecule has 0 heterocycles. The van der Waals surface area contributed by atoms with Crippen molar-refractivity contribution < 1.29 is 27.1 Å². The smallest absolute Gasteiger partial charge is 0.255 e. The van der Waals surface area contributed by atoms with Crippen molar-refractivity contribution in [2.45, 2.75) is 28.6 Å². The normalized spacial score (nSPS) is 21.6. The largest absolute Gasteiger partial charge is 0.386 e. The van der Waals surface area contributed by atoms with E-state index in [1.165, 1.54) is 24.3 Å². The van der Waals surface area contributed by atoms with Crippen LogP contribution in [0.25, 0.3) is 0 Å². The van der Waals surface area contributed by atoms with Gasteiger partial charge in [-0.3, -0.25) is 4.79 Å². The van der Waals surface area contributed by atoms with Crippen LogP contribution in [-0.2, 0) is 9.84 Å². The number of aliphatic hydroxyl groups is 1. The van der Waals surface area contributed by atoms with Gasteiger partial charge < -0.3 is 10.4 Å². The first-order chi connectivity index (χ1) is 13.1. The highest BCUT2D eigenvalue weighted by molar-refractivity contribution is 7.92. The third-order valence-corrected chi connectivity index (χ3v) is 7.26. The highest BCUT2D eigenvalue weighted by Crippen LogP contribution is 2.41. The minimum absolute atomic E-state index is 0.0123. The summed E-state index contributed by atoms with van der Waals surface area (Å²) in [6, 6.07) is 6.56. The summed E-state index contributed by atoms with van der Waals surface area (Å²) in [6.45, 7) is 3.48. The Bertz CT molecular complexity index is 1070. The molecular weight excluding hydrogens is 412 g/mol. The van der Waals surface area contributed by atoms with Gasteiger partial charge in [0.15, 0.2) is 21.5 Å². The molecule has 0 aliphatic heterocycles. The van der Waals surface area contributed by atoms with Crippen molar-refractivity contribution >= 4 is 33.0 Å². The topological polar surface area (TPSA) is 83.5 Å². The Kier molecular flexibility index (Phi) is 5.31. The number of nitrogens with one attached hydrogen (secondary N) is 1. The summed E-state index contributed by atoms with van der Waals surface area (Å²) >= 11 is 6.03. The molecule has 0 unspecified atom stereocenters. The summed E-state index contributed by atoms with van der Waals surface area (Å²) in [5.41, 5.74) is -1.24. The number of rotatable bonds is 5. The Morgan fingerprint density at radius 2 is 1.89 bits per heavy atom. The lowest BCUT2D eigenvalue weighted by atomic mass is 9.80. The van der Waals surface area contributed by atoms with Gasteiger partial charge in [-0.2, -0.15) is 0 Å². The fourth-order valence-electron chi connectivity index (χ4n) is 2.93. The number of amides is 1. The van der Waals surface area contributed by atoms with E-state index < -0.39 is 38.2 Å². The zero-order valence-corrected chi connectivity index (χ0v) is 16.0. The summed E-state index contributed by atoms with van der Waals surface area (Å²) in [6.07, 6.45) is 1.27. The number of sulfone groups is 1. The highest BCUT2D eigenvalue weighted by atomic mass is 35.5. The van der Waals surface area contributed by atoms with Gasteiger partial charge in [-0.25, -0.2) is 17.2 Å². The predicted molar refractivity (Wildman–Crippen MR) is 101 cm³/mol. The van der Waals surface area contributed by atoms with E-state index >= 15 is 0 Å². The SMILES string of the molecule is C=CC1(O)CC(S(=O)(=O)c2cc(C(=O)Nc3ccc(F)c(F)c3)ccc2Cl)C1. The van der Waals surface area contributed by atoms with Gasteiger partial charge in [0.25, 0.3) is 5.91 Å². The van der Waals surface area contributed by atoms with Gasteiger partial charge in [-0.05, 0) is 43.2 Å². The van der Waals surface area contributed by atoms with Crippen molar-refractivity contribution in [3.05, 3.63) is 71.3 Å². The first kappa shape index (κ1) is 20.4. The van der Waals surface area contributed by atoms with Crippen molar-refractivity contribution in [2.75, 3.05) is 5.32 Å². The van der Waals surface area contributed by atoms with E-state index in [-0.39, 0.29) is 34.0 Å². The van der Waals surface area contributed by atoms with Gasteiger partial charge in [0.1, 0.15) is 0 Å². The maximum absolute atomic E-state index is 13.3. The molecule has 1 saturated carbocycles. The number of carbonyl (C=O) groups is 1. The minimum atomic E-state index is -3.88. The van der Waals surface area contributed by atoms with Gasteiger partial charge in [0.2, 0.25) is 0 Å². The van der Waals surface area contributed by atoms with Crippen LogP contribution in [0.4, 0.5) is 14.5 Å². The summed E-state index contributed by atoms with van der Waals surface area (Å²) in [5.74, 6) is -2.90. The number of carbonyl (C=O) groups excluding carboxylic acids is 1. The van der Waals surface area contributed by atoms with Gasteiger partial charge >= 0.3 is 0 Å². The van der Waals surface area contributed by atoms with Gasteiger partial charge in [-0.1, -0.05) is 17.7 Å². The molecule has 9 heteroatoms. The maximum Gasteiger partial charge on any atom is 0.255 e. The van der Waals surface area contributed by atoms with E-state index in [1.54, 1.807) is 0 Å². The monoisotopic (exact) mass is 427 g/mol. The average Bonchev–Trinajstić information content (AvgIpc) is 2.62. The number of hydrogen-bond acceptors (Lipinski definition) is 4. The fourth-order valence-corrected chi connectivity index (χ4v) is 5.38. The molecule has 1 amide bonds. The predicted octanol–water partition coefficient (Wildman–Crippen LogP) is 3.72. The third kappa shape index (κ3) is 3.80. The molecule has 148 valence electrons. The number of anilines is 1. The third-order valence-electron chi connectivity index (χ3n) is 4.66. The molecular formula is C19H16ClF2NO4S. The zero-order chi connectivity index (χ0) is 20.7. The Morgan fingerprint density at radius 1 is 1.21 bits per heavy atom. The van der Waals surface area contributed by atoms with E-state index in [9.17, 15) is 27.1 Å². The van der Waals surface area contributed by atoms with E-state index in [1.807, 2.05) is 0 Å². The second kappa shape index (κ2) is 7.27. The van der Waals surface area contributed by atoms with Gasteiger partial charge in [0, 0.05) is 17.3 Å². The van der Waals surface area contributed by atoms with E-state index in [0.29, 0.717) is 0 Å². The van der Waals surface area contributed by atoms with Crippen LogP contribution >= 0.6 is 11.6 Å². The van der Waals surface area contributed by atoms with Crippen LogP contribution in [0.2, 0.25) is 5.02 Å². The molecule has 1 aliphatic rings. The molecule has 0 aromatic heterocycles. The number of benzene rings is 2. The van der Waals surface area contributed by atoms with Crippen LogP contribution in [-0.4, -0.2) is 30.3 Å². The quantitative estimate of drug-likeness (QED) is 0.712. The van der Waals surface area contributed by atoms with Crippen LogP contribution in [0.3, 0.4) is 0 Å². The van der Waals surface area contributed by atoms with E-state index in [0.717, 1.165) is 18.2 Å². The number of halogens is 3. The van der Waals surface area contributed by atoms with Crippen molar-refractivity contribution in [1.29, 1.82) is 0 Å². The summed E-state index contributed by atoms with van der Waals surface area (Å²) < 4.78 is 51.9. The molecule has 3 rings (SSSR count). The van der Waals surface area contributed by atoms with Crippen molar-refractivity contribution in [3.8, 4) is 0 Å². The molecule has 0 spiro atoms. The fraction of sp³-hybridized carbons (Fsp3) is 0.211. The summed E-state index contributed by atoms with van der Waals surface area (Å²) in [7, 11) is -3.88. The van der Waals surface area contributed by atoms with Crippen molar-refractivity contribution in [3.63, 3.8) is 0 Å². The lowest BCUT2D eigenvalue weighted by molar-refractivity contribution is 0.0176. The van der Waals surface area contributed by atoms with Crippen LogP contribution in [0.5, 0.6) is 0 Å². The molecule has 2 aromatic rings. The van der Waals surface area contributed by atoms with Gasteiger partial charge in [-0.15, -0.1) is 6.58 Å². The minimum Gasteiger partial charge on any atom is -0.386 e. The van der Waals surface area contributed by atoms with E-state index in [2.05, 4.69) is 11.9 Å². The zero-order valence-electron chi connectivity index (χ0n) is 14.5. The van der Waals surface area contributed by atoms with Crippen LogP contribution < -0.4 is 5.32 Å². The average molecular weight is 428 g/mol. The number of hydrogen-bond donors (Lipinski definition) is 2. The Labute approximate surface area is 165 Å². The summed E-state index contributed by atoms with van der Waals surface area (Å²) in [4.78, 5) is 12.2. The Morgan fingerprint density at radius 3 is 2.50 bits per heavy atom. The van der Waals surface area contributed by atoms with Crippen LogP contribution in [0, 0.1) is 11.6 Å². The lowest BCUT2D eigenvalue weighted by Gasteiger charge is -2.40. The summed E-state index contributed by atoms with van der Waals surface area (Å²) in [5, 5.41) is 11.4. The molecule has 1 aliphatic carbocycles. The van der Waals surface area contributed by atoms with Crippen LogP contribution in [0.1, 0.15) is 23.2 Å². The first-order valence-corrected chi connectivity index (χ1v) is 10.1. The standard InChI is InChI=1S/C19H16ClF2NO4S/c1-2-19(25)9-13(10-19)28(26,27)17-7-11(3-5-14(17)20)18(24)23-12-4-6-15(21)16(22)8-12/h2-8,13,25H,1,9-10H2,(H,23,24). The molecule has 1 fully saturated rings. The highest BCUT2D eigenvalue weighted by Gasteiger charge is 2.48. The second-order valence-corrected chi connectivity index (χ2v) is 9.21. The molecule has 0 bridgehead atoms.